The minimum Gasteiger partial charge on any atom is -0.434 e. The number of rotatable bonds is 3. The molecule has 4 rings (SSSR count). The first-order chi connectivity index (χ1) is 12.2. The maximum Gasteiger partial charge on any atom is 0.246 e. The van der Waals surface area contributed by atoms with Gasteiger partial charge in [-0.3, -0.25) is 4.98 Å². The Morgan fingerprint density at radius 1 is 0.720 bits per heavy atom. The first-order valence-electron chi connectivity index (χ1n) is 8.27. The Morgan fingerprint density at radius 3 is 1.96 bits per heavy atom. The summed E-state index contributed by atoms with van der Waals surface area (Å²) < 4.78 is 6.14. The average Bonchev–Trinajstić information content (AvgIpc) is 3.09. The number of pyridine rings is 1. The van der Waals surface area contributed by atoms with Crippen LogP contribution < -0.4 is 0 Å². The third-order valence-electron chi connectivity index (χ3n) is 4.15. The van der Waals surface area contributed by atoms with Gasteiger partial charge in [-0.1, -0.05) is 65.7 Å². The van der Waals surface area contributed by atoms with Crippen molar-refractivity contribution in [2.24, 2.45) is 0 Å². The maximum atomic E-state index is 6.14. The Kier molecular flexibility index (Phi) is 3.90. The summed E-state index contributed by atoms with van der Waals surface area (Å²) in [5.41, 5.74) is 6.04. The number of benzene rings is 2. The molecule has 0 saturated heterocycles. The molecule has 0 unspecified atom stereocenters. The molecule has 3 nitrogen and oxygen atoms in total. The Labute approximate surface area is 147 Å². The van der Waals surface area contributed by atoms with Gasteiger partial charge in [0.25, 0.3) is 0 Å². The van der Waals surface area contributed by atoms with Crippen LogP contribution in [0.25, 0.3) is 34.2 Å². The van der Waals surface area contributed by atoms with Crippen LogP contribution in [0.5, 0.6) is 0 Å². The first-order valence-corrected chi connectivity index (χ1v) is 8.27. The third kappa shape index (κ3) is 3.09. The van der Waals surface area contributed by atoms with Gasteiger partial charge in [0, 0.05) is 17.3 Å². The van der Waals surface area contributed by atoms with Crippen LogP contribution in [0.4, 0.5) is 0 Å². The highest BCUT2D eigenvalue weighted by Gasteiger charge is 2.18. The lowest BCUT2D eigenvalue weighted by molar-refractivity contribution is 0.586. The molecule has 122 valence electrons. The van der Waals surface area contributed by atoms with Crippen molar-refractivity contribution in [3.63, 3.8) is 0 Å². The molecule has 25 heavy (non-hydrogen) atoms. The Bertz CT molecular complexity index is 922. The van der Waals surface area contributed by atoms with Gasteiger partial charge < -0.3 is 4.42 Å². The fourth-order valence-electron chi connectivity index (χ4n) is 2.73. The second-order valence-electron chi connectivity index (χ2n) is 6.14. The zero-order chi connectivity index (χ0) is 17.2. The summed E-state index contributed by atoms with van der Waals surface area (Å²) in [6, 6.07) is 22.3. The van der Waals surface area contributed by atoms with Crippen LogP contribution in [0.1, 0.15) is 11.1 Å². The lowest BCUT2D eigenvalue weighted by Crippen LogP contribution is -1.84. The molecule has 0 aliphatic carbocycles. The fourth-order valence-corrected chi connectivity index (χ4v) is 2.73. The van der Waals surface area contributed by atoms with Crippen LogP contribution in [-0.2, 0) is 0 Å². The van der Waals surface area contributed by atoms with Crippen molar-refractivity contribution in [2.75, 3.05) is 0 Å². The predicted octanol–water partition coefficient (Wildman–Crippen LogP) is 5.69. The van der Waals surface area contributed by atoms with Gasteiger partial charge in [0.15, 0.2) is 5.76 Å². The largest absolute Gasteiger partial charge is 0.434 e. The van der Waals surface area contributed by atoms with E-state index in [0.717, 1.165) is 28.3 Å². The molecule has 3 heteroatoms. The van der Waals surface area contributed by atoms with Crippen LogP contribution in [0.15, 0.2) is 77.3 Å². The van der Waals surface area contributed by atoms with E-state index in [2.05, 4.69) is 67.4 Å². The Hall–Kier alpha value is -3.20. The van der Waals surface area contributed by atoms with E-state index < -0.39 is 0 Å². The number of hydrogen-bond donors (Lipinski definition) is 0. The molecule has 4 aromatic rings. The van der Waals surface area contributed by atoms with Crippen LogP contribution in [0.2, 0.25) is 0 Å². The summed E-state index contributed by atoms with van der Waals surface area (Å²) in [6.07, 6.45) is 1.75. The predicted molar refractivity (Wildman–Crippen MR) is 100 cm³/mol. The lowest BCUT2D eigenvalue weighted by atomic mass is 10.0. The quantitative estimate of drug-likeness (QED) is 0.485. The highest BCUT2D eigenvalue weighted by molar-refractivity contribution is 5.78. The number of hydrogen-bond acceptors (Lipinski definition) is 3. The number of aryl methyl sites for hydroxylation is 2. The molecular formula is C22H18N2O. The second-order valence-corrected chi connectivity index (χ2v) is 6.14. The molecule has 0 radical (unpaired) electrons. The monoisotopic (exact) mass is 326 g/mol. The molecule has 0 N–H and O–H groups in total. The van der Waals surface area contributed by atoms with E-state index >= 15 is 0 Å². The minimum absolute atomic E-state index is 0.534. The van der Waals surface area contributed by atoms with Crippen molar-refractivity contribution in [2.45, 2.75) is 13.8 Å². The van der Waals surface area contributed by atoms with Gasteiger partial charge in [-0.2, -0.15) is 0 Å². The highest BCUT2D eigenvalue weighted by atomic mass is 16.4. The average molecular weight is 326 g/mol. The van der Waals surface area contributed by atoms with E-state index in [-0.39, 0.29) is 0 Å². The van der Waals surface area contributed by atoms with Crippen LogP contribution in [0.3, 0.4) is 0 Å². The molecular weight excluding hydrogens is 308 g/mol. The van der Waals surface area contributed by atoms with Gasteiger partial charge in [-0.05, 0) is 26.0 Å². The molecule has 2 aromatic carbocycles. The van der Waals surface area contributed by atoms with Gasteiger partial charge in [-0.25, -0.2) is 4.98 Å². The summed E-state index contributed by atoms with van der Waals surface area (Å²) in [5, 5.41) is 0. The molecule has 0 aliphatic heterocycles. The van der Waals surface area contributed by atoms with E-state index in [1.165, 1.54) is 11.1 Å². The molecule has 0 atom stereocenters. The molecule has 0 fully saturated rings. The van der Waals surface area contributed by atoms with Gasteiger partial charge >= 0.3 is 0 Å². The van der Waals surface area contributed by atoms with E-state index in [1.807, 2.05) is 18.2 Å². The van der Waals surface area contributed by atoms with Crippen molar-refractivity contribution < 1.29 is 4.42 Å². The maximum absolute atomic E-state index is 6.14. The molecule has 2 aromatic heterocycles. The third-order valence-corrected chi connectivity index (χ3v) is 4.15. The summed E-state index contributed by atoms with van der Waals surface area (Å²) >= 11 is 0. The van der Waals surface area contributed by atoms with Crippen molar-refractivity contribution in [3.8, 4) is 34.2 Å². The first kappa shape index (κ1) is 15.3. The van der Waals surface area contributed by atoms with E-state index in [4.69, 9.17) is 9.40 Å². The molecule has 0 spiro atoms. The smallest absolute Gasteiger partial charge is 0.246 e. The standard InChI is InChI=1S/C22H18N2O/c1-15-6-10-17(11-7-15)20-21(18-12-8-16(2)9-13-18)25-22(24-20)19-5-3-4-14-23-19/h3-14H,1-2H3. The van der Waals surface area contributed by atoms with E-state index in [9.17, 15) is 0 Å². The summed E-state index contributed by atoms with van der Waals surface area (Å²) in [7, 11) is 0. The fraction of sp³-hybridized carbons (Fsp3) is 0.0909. The molecule has 0 bridgehead atoms. The van der Waals surface area contributed by atoms with Crippen LogP contribution >= 0.6 is 0 Å². The lowest BCUT2D eigenvalue weighted by Gasteiger charge is -2.02. The van der Waals surface area contributed by atoms with Crippen molar-refractivity contribution >= 4 is 0 Å². The minimum atomic E-state index is 0.534. The highest BCUT2D eigenvalue weighted by Crippen LogP contribution is 2.35. The van der Waals surface area contributed by atoms with E-state index in [1.54, 1.807) is 6.20 Å². The topological polar surface area (TPSA) is 38.9 Å². The van der Waals surface area contributed by atoms with Crippen molar-refractivity contribution in [3.05, 3.63) is 84.1 Å². The summed E-state index contributed by atoms with van der Waals surface area (Å²) in [6.45, 7) is 4.15. The zero-order valence-corrected chi connectivity index (χ0v) is 14.2. The Balaban J connectivity index is 1.89. The molecule has 2 heterocycles. The molecule has 0 saturated carbocycles. The van der Waals surface area contributed by atoms with Gasteiger partial charge in [0.2, 0.25) is 5.89 Å². The second kappa shape index (κ2) is 6.36. The Morgan fingerprint density at radius 2 is 1.36 bits per heavy atom. The summed E-state index contributed by atoms with van der Waals surface area (Å²) in [5.74, 6) is 1.30. The number of aromatic nitrogens is 2. The van der Waals surface area contributed by atoms with Gasteiger partial charge in [0.05, 0.1) is 0 Å². The van der Waals surface area contributed by atoms with Crippen LogP contribution in [0, 0.1) is 13.8 Å². The number of oxazole rings is 1. The van der Waals surface area contributed by atoms with Crippen molar-refractivity contribution in [1.29, 1.82) is 0 Å². The SMILES string of the molecule is Cc1ccc(-c2nc(-c3ccccn3)oc2-c2ccc(C)cc2)cc1. The molecule has 0 aliphatic rings. The zero-order valence-electron chi connectivity index (χ0n) is 14.2. The number of nitrogens with zero attached hydrogens (tertiary/aromatic N) is 2. The van der Waals surface area contributed by atoms with Crippen LogP contribution in [-0.4, -0.2) is 9.97 Å². The summed E-state index contributed by atoms with van der Waals surface area (Å²) in [4.78, 5) is 9.11. The van der Waals surface area contributed by atoms with Gasteiger partial charge in [-0.15, -0.1) is 0 Å². The van der Waals surface area contributed by atoms with Gasteiger partial charge in [0.1, 0.15) is 11.4 Å². The van der Waals surface area contributed by atoms with E-state index in [0.29, 0.717) is 5.89 Å². The molecule has 0 amide bonds. The normalized spacial score (nSPS) is 10.8. The van der Waals surface area contributed by atoms with Crippen molar-refractivity contribution in [1.82, 2.24) is 9.97 Å².